The van der Waals surface area contributed by atoms with Crippen LogP contribution in [0.5, 0.6) is 5.75 Å². The van der Waals surface area contributed by atoms with Gasteiger partial charge in [0.05, 0.1) is 23.3 Å². The molecule has 6 heteroatoms. The maximum atomic E-state index is 15.3. The molecule has 33 heavy (non-hydrogen) atoms. The number of nitrogens with one attached hydrogen (secondary N) is 1. The fourth-order valence-corrected chi connectivity index (χ4v) is 5.09. The highest BCUT2D eigenvalue weighted by Gasteiger charge is 2.20. The lowest BCUT2D eigenvalue weighted by atomic mass is 9.79. The second-order valence-electron chi connectivity index (χ2n) is 8.62. The second-order valence-corrected chi connectivity index (χ2v) is 9.47. The van der Waals surface area contributed by atoms with Crippen LogP contribution in [0.3, 0.4) is 0 Å². The summed E-state index contributed by atoms with van der Waals surface area (Å²) in [6.45, 7) is 2.32. The molecule has 4 rings (SSSR count). The highest BCUT2D eigenvalue weighted by molar-refractivity contribution is 8.00. The molecule has 0 aliphatic heterocycles. The third-order valence-electron chi connectivity index (χ3n) is 6.39. The fraction of sp³-hybridized carbons (Fsp3) is 0.296. The Bertz CT molecular complexity index is 1120. The van der Waals surface area contributed by atoms with Gasteiger partial charge in [0.2, 0.25) is 0 Å². The van der Waals surface area contributed by atoms with Crippen LogP contribution in [0.4, 0.5) is 10.1 Å². The van der Waals surface area contributed by atoms with E-state index < -0.39 is 5.97 Å². The van der Waals surface area contributed by atoms with Gasteiger partial charge in [-0.2, -0.15) is 0 Å². The van der Waals surface area contributed by atoms with Gasteiger partial charge < -0.3 is 14.6 Å². The molecule has 0 saturated heterocycles. The van der Waals surface area contributed by atoms with Crippen LogP contribution < -0.4 is 9.46 Å². The predicted octanol–water partition coefficient (Wildman–Crippen LogP) is 7.61. The number of hydrogen-bond donors (Lipinski definition) is 2. The molecule has 0 atom stereocenters. The Morgan fingerprint density at radius 2 is 1.79 bits per heavy atom. The Morgan fingerprint density at radius 3 is 2.45 bits per heavy atom. The Kier molecular flexibility index (Phi) is 7.23. The zero-order valence-electron chi connectivity index (χ0n) is 18.8. The molecule has 0 spiro atoms. The number of aromatic carboxylic acids is 1. The molecule has 0 unspecified atom stereocenters. The summed E-state index contributed by atoms with van der Waals surface area (Å²) >= 11 is 1.13. The van der Waals surface area contributed by atoms with Crippen molar-refractivity contribution in [3.8, 4) is 16.9 Å². The van der Waals surface area contributed by atoms with Crippen LogP contribution >= 0.6 is 11.9 Å². The van der Waals surface area contributed by atoms with Crippen LogP contribution in [0.15, 0.2) is 65.6 Å². The summed E-state index contributed by atoms with van der Waals surface area (Å²) in [6.07, 6.45) is 5.00. The number of anilines is 1. The van der Waals surface area contributed by atoms with E-state index in [1.54, 1.807) is 18.2 Å². The minimum Gasteiger partial charge on any atom is -0.495 e. The summed E-state index contributed by atoms with van der Waals surface area (Å²) < 4.78 is 23.7. The highest BCUT2D eigenvalue weighted by Crippen LogP contribution is 2.37. The Labute approximate surface area is 198 Å². The van der Waals surface area contributed by atoms with E-state index in [-0.39, 0.29) is 11.4 Å². The summed E-state index contributed by atoms with van der Waals surface area (Å²) in [4.78, 5) is 11.6. The molecule has 0 amide bonds. The van der Waals surface area contributed by atoms with E-state index in [1.807, 2.05) is 18.2 Å². The summed E-state index contributed by atoms with van der Waals surface area (Å²) in [5.74, 6) is 0.476. The fourth-order valence-electron chi connectivity index (χ4n) is 4.36. The summed E-state index contributed by atoms with van der Waals surface area (Å²) in [7, 11) is 1.47. The number of rotatable bonds is 7. The van der Waals surface area contributed by atoms with Crippen molar-refractivity contribution in [3.63, 3.8) is 0 Å². The molecule has 1 aliphatic rings. The van der Waals surface area contributed by atoms with Gasteiger partial charge >= 0.3 is 5.97 Å². The number of carboxylic acids is 1. The van der Waals surface area contributed by atoms with Gasteiger partial charge in [-0.05, 0) is 72.0 Å². The van der Waals surface area contributed by atoms with Crippen molar-refractivity contribution in [2.45, 2.75) is 43.4 Å². The summed E-state index contributed by atoms with van der Waals surface area (Å²) in [5, 5.41) is 9.15. The van der Waals surface area contributed by atoms with Gasteiger partial charge in [-0.1, -0.05) is 56.2 Å². The maximum absolute atomic E-state index is 15.3. The van der Waals surface area contributed by atoms with E-state index in [2.05, 4.69) is 23.8 Å². The number of hydrogen-bond acceptors (Lipinski definition) is 4. The van der Waals surface area contributed by atoms with Crippen LogP contribution in [0.25, 0.3) is 11.1 Å². The summed E-state index contributed by atoms with van der Waals surface area (Å²) in [5.41, 5.74) is 3.45. The number of carboxylic acid groups (broad SMARTS) is 1. The van der Waals surface area contributed by atoms with Crippen molar-refractivity contribution in [1.29, 1.82) is 0 Å². The molecule has 0 heterocycles. The Morgan fingerprint density at radius 1 is 1.06 bits per heavy atom. The number of methoxy groups -OCH3 is 1. The molecule has 1 aliphatic carbocycles. The van der Waals surface area contributed by atoms with Gasteiger partial charge in [0.1, 0.15) is 11.6 Å². The third-order valence-corrected chi connectivity index (χ3v) is 7.25. The molecule has 3 aromatic rings. The average Bonchev–Trinajstić information content (AvgIpc) is 2.84. The lowest BCUT2D eigenvalue weighted by Gasteiger charge is -2.26. The lowest BCUT2D eigenvalue weighted by Crippen LogP contribution is -2.10. The van der Waals surface area contributed by atoms with E-state index in [4.69, 9.17) is 9.84 Å². The van der Waals surface area contributed by atoms with Gasteiger partial charge in [-0.25, -0.2) is 9.18 Å². The monoisotopic (exact) mass is 465 g/mol. The van der Waals surface area contributed by atoms with Crippen LogP contribution in [-0.2, 0) is 0 Å². The molecule has 0 bridgehead atoms. The normalized spacial score (nSPS) is 18.0. The topological polar surface area (TPSA) is 58.6 Å². The zero-order chi connectivity index (χ0) is 23.4. The Balaban J connectivity index is 1.49. The average molecular weight is 466 g/mol. The minimum absolute atomic E-state index is 0.127. The van der Waals surface area contributed by atoms with Gasteiger partial charge in [0.15, 0.2) is 0 Å². The lowest BCUT2D eigenvalue weighted by molar-refractivity contribution is 0.0696. The van der Waals surface area contributed by atoms with Gasteiger partial charge in [-0.3, -0.25) is 0 Å². The van der Waals surface area contributed by atoms with Crippen LogP contribution in [0.2, 0.25) is 0 Å². The SMILES string of the molecule is COc1cc(C(=O)O)ccc1NSc1cccc(-c2ccc(C3CCC(C)CC3)cc2)c1F. The highest BCUT2D eigenvalue weighted by atomic mass is 32.2. The predicted molar refractivity (Wildman–Crippen MR) is 132 cm³/mol. The first-order chi connectivity index (χ1) is 16.0. The number of benzene rings is 3. The number of halogens is 1. The van der Waals surface area contributed by atoms with Crippen molar-refractivity contribution in [3.05, 3.63) is 77.6 Å². The Hall–Kier alpha value is -2.99. The molecular weight excluding hydrogens is 437 g/mol. The molecule has 172 valence electrons. The molecule has 2 N–H and O–H groups in total. The quantitative estimate of drug-likeness (QED) is 0.352. The van der Waals surface area contributed by atoms with Crippen molar-refractivity contribution >= 4 is 23.6 Å². The van der Waals surface area contributed by atoms with E-state index in [0.29, 0.717) is 27.8 Å². The summed E-state index contributed by atoms with van der Waals surface area (Å²) in [6, 6.07) is 18.2. The van der Waals surface area contributed by atoms with Crippen molar-refractivity contribution in [2.24, 2.45) is 5.92 Å². The molecule has 1 fully saturated rings. The van der Waals surface area contributed by atoms with Gasteiger partial charge in [0.25, 0.3) is 0 Å². The third kappa shape index (κ3) is 5.33. The van der Waals surface area contributed by atoms with Crippen LogP contribution in [-0.4, -0.2) is 18.2 Å². The van der Waals surface area contributed by atoms with Crippen LogP contribution in [0.1, 0.15) is 54.4 Å². The second kappa shape index (κ2) is 10.3. The van der Waals surface area contributed by atoms with E-state index in [1.165, 1.54) is 50.5 Å². The van der Waals surface area contributed by atoms with Crippen molar-refractivity contribution < 1.29 is 19.0 Å². The first-order valence-corrected chi connectivity index (χ1v) is 12.0. The standard InChI is InChI=1S/C27H28FNO3S/c1-17-6-8-18(9-7-17)19-10-12-20(13-11-19)22-4-3-5-25(26(22)28)33-29-23-15-14-21(27(30)31)16-24(23)32-2/h3-5,10-18,29H,6-9H2,1-2H3,(H,30,31). The maximum Gasteiger partial charge on any atom is 0.335 e. The van der Waals surface area contributed by atoms with Crippen molar-refractivity contribution in [1.82, 2.24) is 0 Å². The molecule has 0 radical (unpaired) electrons. The minimum atomic E-state index is -1.03. The van der Waals surface area contributed by atoms with E-state index in [0.717, 1.165) is 23.4 Å². The number of ether oxygens (including phenoxy) is 1. The van der Waals surface area contributed by atoms with Crippen LogP contribution in [0, 0.1) is 11.7 Å². The number of carbonyl (C=O) groups is 1. The van der Waals surface area contributed by atoms with E-state index >= 15 is 4.39 Å². The molecule has 3 aromatic carbocycles. The zero-order valence-corrected chi connectivity index (χ0v) is 19.6. The van der Waals surface area contributed by atoms with Crippen molar-refractivity contribution in [2.75, 3.05) is 11.8 Å². The largest absolute Gasteiger partial charge is 0.495 e. The molecular formula is C27H28FNO3S. The molecule has 0 aromatic heterocycles. The molecule has 1 saturated carbocycles. The first kappa shape index (κ1) is 23.2. The van der Waals surface area contributed by atoms with E-state index in [9.17, 15) is 4.79 Å². The molecule has 4 nitrogen and oxygen atoms in total. The van der Waals surface area contributed by atoms with Gasteiger partial charge in [-0.15, -0.1) is 0 Å². The first-order valence-electron chi connectivity index (χ1n) is 11.2. The van der Waals surface area contributed by atoms with Gasteiger partial charge in [0, 0.05) is 5.56 Å². The smallest absolute Gasteiger partial charge is 0.335 e.